The van der Waals surface area contributed by atoms with E-state index in [0.717, 1.165) is 5.56 Å². The standard InChI is InChI=1S/C12H11NO4/c13-6-10-11(7-15-8-14)17-12(16-10)9-4-2-1-3-5-9/h1-5,8,10-12H,7H2/t10-,11+,12?/m0/s1. The van der Waals surface area contributed by atoms with Gasteiger partial charge in [-0.3, -0.25) is 4.79 Å². The summed E-state index contributed by atoms with van der Waals surface area (Å²) in [5, 5.41) is 8.90. The fraction of sp³-hybridized carbons (Fsp3) is 0.333. The maximum absolute atomic E-state index is 10.1. The molecule has 3 atom stereocenters. The van der Waals surface area contributed by atoms with Crippen molar-refractivity contribution in [2.75, 3.05) is 6.61 Å². The lowest BCUT2D eigenvalue weighted by molar-refractivity contribution is -0.133. The van der Waals surface area contributed by atoms with Gasteiger partial charge in [-0.1, -0.05) is 30.3 Å². The average Bonchev–Trinajstić information content (AvgIpc) is 2.80. The highest BCUT2D eigenvalue weighted by atomic mass is 16.7. The van der Waals surface area contributed by atoms with Gasteiger partial charge in [-0.25, -0.2) is 0 Å². The normalized spacial score (nSPS) is 27.4. The van der Waals surface area contributed by atoms with Crippen LogP contribution in [0.4, 0.5) is 0 Å². The average molecular weight is 233 g/mol. The first kappa shape index (κ1) is 11.6. The van der Waals surface area contributed by atoms with Crippen LogP contribution in [0.1, 0.15) is 11.9 Å². The third kappa shape index (κ3) is 2.61. The van der Waals surface area contributed by atoms with Crippen LogP contribution >= 0.6 is 0 Å². The molecule has 1 aliphatic rings. The van der Waals surface area contributed by atoms with E-state index in [1.165, 1.54) is 0 Å². The number of rotatable bonds is 4. The second kappa shape index (κ2) is 5.43. The van der Waals surface area contributed by atoms with Crippen molar-refractivity contribution < 1.29 is 19.0 Å². The minimum Gasteiger partial charge on any atom is -0.465 e. The first-order valence-corrected chi connectivity index (χ1v) is 5.16. The van der Waals surface area contributed by atoms with Crippen LogP contribution in [0, 0.1) is 11.3 Å². The highest BCUT2D eigenvalue weighted by Gasteiger charge is 2.37. The Morgan fingerprint density at radius 1 is 1.35 bits per heavy atom. The summed E-state index contributed by atoms with van der Waals surface area (Å²) in [5.74, 6) is 0. The van der Waals surface area contributed by atoms with E-state index in [1.54, 1.807) is 0 Å². The second-order valence-corrected chi connectivity index (χ2v) is 3.53. The van der Waals surface area contributed by atoms with Gasteiger partial charge in [0.2, 0.25) is 0 Å². The molecule has 1 aromatic rings. The van der Waals surface area contributed by atoms with Gasteiger partial charge in [-0.05, 0) is 0 Å². The maximum Gasteiger partial charge on any atom is 0.293 e. The number of hydrogen-bond acceptors (Lipinski definition) is 5. The number of hydrogen-bond donors (Lipinski definition) is 0. The molecule has 17 heavy (non-hydrogen) atoms. The first-order valence-electron chi connectivity index (χ1n) is 5.16. The third-order valence-electron chi connectivity index (χ3n) is 2.43. The van der Waals surface area contributed by atoms with Crippen molar-refractivity contribution in [2.24, 2.45) is 0 Å². The maximum atomic E-state index is 10.1. The molecule has 2 rings (SSSR count). The number of carbonyl (C=O) groups excluding carboxylic acids is 1. The highest BCUT2D eigenvalue weighted by molar-refractivity contribution is 5.37. The Kier molecular flexibility index (Phi) is 3.70. The Labute approximate surface area is 98.5 Å². The van der Waals surface area contributed by atoms with Crippen LogP contribution in [-0.4, -0.2) is 25.3 Å². The number of nitrogens with zero attached hydrogens (tertiary/aromatic N) is 1. The Balaban J connectivity index is 2.05. The number of ether oxygens (including phenoxy) is 3. The summed E-state index contributed by atoms with van der Waals surface area (Å²) < 4.78 is 15.5. The molecule has 1 heterocycles. The third-order valence-corrected chi connectivity index (χ3v) is 2.43. The SMILES string of the molecule is N#C[C@@H]1OC(c2ccccc2)O[C@@H]1COC=O. The molecule has 0 N–H and O–H groups in total. The summed E-state index contributed by atoms with van der Waals surface area (Å²) in [6, 6.07) is 11.3. The minimum absolute atomic E-state index is 0.0189. The van der Waals surface area contributed by atoms with E-state index in [2.05, 4.69) is 4.74 Å². The molecule has 1 unspecified atom stereocenters. The molecule has 5 heteroatoms. The molecule has 0 bridgehead atoms. The molecule has 88 valence electrons. The van der Waals surface area contributed by atoms with E-state index in [1.807, 2.05) is 36.4 Å². The summed E-state index contributed by atoms with van der Waals surface area (Å²) in [6.07, 6.45) is -1.85. The highest BCUT2D eigenvalue weighted by Crippen LogP contribution is 2.30. The zero-order valence-electron chi connectivity index (χ0n) is 8.98. The molecular weight excluding hydrogens is 222 g/mol. The number of benzene rings is 1. The van der Waals surface area contributed by atoms with Gasteiger partial charge >= 0.3 is 0 Å². The molecular formula is C12H11NO4. The lowest BCUT2D eigenvalue weighted by Crippen LogP contribution is -2.26. The summed E-state index contributed by atoms with van der Waals surface area (Å²) >= 11 is 0. The van der Waals surface area contributed by atoms with Crippen LogP contribution < -0.4 is 0 Å². The summed E-state index contributed by atoms with van der Waals surface area (Å²) in [5.41, 5.74) is 0.835. The molecule has 0 radical (unpaired) electrons. The molecule has 0 saturated carbocycles. The summed E-state index contributed by atoms with van der Waals surface area (Å²) in [4.78, 5) is 10.1. The first-order chi connectivity index (χ1) is 8.35. The zero-order chi connectivity index (χ0) is 12.1. The van der Waals surface area contributed by atoms with Crippen molar-refractivity contribution in [1.82, 2.24) is 0 Å². The Morgan fingerprint density at radius 2 is 2.12 bits per heavy atom. The monoisotopic (exact) mass is 233 g/mol. The van der Waals surface area contributed by atoms with E-state index in [9.17, 15) is 4.79 Å². The molecule has 1 aliphatic heterocycles. The second-order valence-electron chi connectivity index (χ2n) is 3.53. The largest absolute Gasteiger partial charge is 0.465 e. The lowest BCUT2D eigenvalue weighted by Gasteiger charge is -2.10. The molecule has 1 fully saturated rings. The van der Waals surface area contributed by atoms with Gasteiger partial charge in [0, 0.05) is 5.56 Å². The molecule has 1 saturated heterocycles. The van der Waals surface area contributed by atoms with E-state index in [4.69, 9.17) is 14.7 Å². The Bertz CT molecular complexity index is 414. The predicted octanol–water partition coefficient (Wildman–Crippen LogP) is 1.17. The van der Waals surface area contributed by atoms with Gasteiger partial charge in [0.15, 0.2) is 12.4 Å². The zero-order valence-corrected chi connectivity index (χ0v) is 8.98. The van der Waals surface area contributed by atoms with Crippen molar-refractivity contribution >= 4 is 6.47 Å². The van der Waals surface area contributed by atoms with Gasteiger partial charge < -0.3 is 14.2 Å². The molecule has 0 spiro atoms. The number of nitriles is 1. The summed E-state index contributed by atoms with van der Waals surface area (Å²) in [6.45, 7) is 0.346. The van der Waals surface area contributed by atoms with Crippen molar-refractivity contribution in [3.63, 3.8) is 0 Å². The van der Waals surface area contributed by atoms with Crippen molar-refractivity contribution in [3.8, 4) is 6.07 Å². The number of carbonyl (C=O) groups is 1. The molecule has 0 aliphatic carbocycles. The fourth-order valence-corrected chi connectivity index (χ4v) is 1.62. The van der Waals surface area contributed by atoms with Crippen molar-refractivity contribution in [3.05, 3.63) is 35.9 Å². The molecule has 1 aromatic carbocycles. The lowest BCUT2D eigenvalue weighted by atomic mass is 10.2. The van der Waals surface area contributed by atoms with Crippen LogP contribution in [0.15, 0.2) is 30.3 Å². The van der Waals surface area contributed by atoms with Gasteiger partial charge in [-0.2, -0.15) is 5.26 Å². The van der Waals surface area contributed by atoms with Gasteiger partial charge in [0.05, 0.1) is 6.07 Å². The molecule has 0 aromatic heterocycles. The summed E-state index contributed by atoms with van der Waals surface area (Å²) in [7, 11) is 0. The van der Waals surface area contributed by atoms with E-state index in [-0.39, 0.29) is 6.61 Å². The van der Waals surface area contributed by atoms with Crippen molar-refractivity contribution in [1.29, 1.82) is 5.26 Å². The van der Waals surface area contributed by atoms with E-state index < -0.39 is 18.5 Å². The van der Waals surface area contributed by atoms with Crippen LogP contribution in [0.5, 0.6) is 0 Å². The Hall–Kier alpha value is -1.90. The van der Waals surface area contributed by atoms with Gasteiger partial charge in [-0.15, -0.1) is 0 Å². The van der Waals surface area contributed by atoms with Crippen molar-refractivity contribution in [2.45, 2.75) is 18.5 Å². The predicted molar refractivity (Wildman–Crippen MR) is 56.6 cm³/mol. The topological polar surface area (TPSA) is 68.6 Å². The molecule has 5 nitrogen and oxygen atoms in total. The van der Waals surface area contributed by atoms with Crippen LogP contribution in [0.2, 0.25) is 0 Å². The van der Waals surface area contributed by atoms with Crippen LogP contribution in [0.25, 0.3) is 0 Å². The Morgan fingerprint density at radius 3 is 2.76 bits per heavy atom. The quantitative estimate of drug-likeness (QED) is 0.730. The smallest absolute Gasteiger partial charge is 0.293 e. The fourth-order valence-electron chi connectivity index (χ4n) is 1.62. The van der Waals surface area contributed by atoms with Crippen LogP contribution in [-0.2, 0) is 19.0 Å². The van der Waals surface area contributed by atoms with E-state index in [0.29, 0.717) is 6.47 Å². The molecule has 0 amide bonds. The van der Waals surface area contributed by atoms with Gasteiger partial charge in [0.25, 0.3) is 6.47 Å². The minimum atomic E-state index is -0.722. The van der Waals surface area contributed by atoms with Gasteiger partial charge in [0.1, 0.15) is 12.7 Å². The van der Waals surface area contributed by atoms with Crippen LogP contribution in [0.3, 0.4) is 0 Å². The van der Waals surface area contributed by atoms with E-state index >= 15 is 0 Å².